The number of aliphatic hydroxyl groups is 1. The normalized spacial score (nSPS) is 20.5. The number of likely N-dealkylation sites (tertiary alicyclic amines) is 1. The smallest absolute Gasteiger partial charge is 0.260 e. The molecule has 1 aliphatic carbocycles. The van der Waals surface area contributed by atoms with E-state index >= 15 is 0 Å². The highest BCUT2D eigenvalue weighted by atomic mass is 35.5. The lowest BCUT2D eigenvalue weighted by molar-refractivity contribution is -0.897. The van der Waals surface area contributed by atoms with Crippen molar-refractivity contribution >= 4 is 34.3 Å². The monoisotopic (exact) mass is 401 g/mol. The molecule has 0 unspecified atom stereocenters. The molecule has 0 aromatic carbocycles. The minimum absolute atomic E-state index is 0.00181. The highest BCUT2D eigenvalue weighted by molar-refractivity contribution is 6.47. The molecule has 2 aromatic rings. The number of rotatable bonds is 5. The van der Waals surface area contributed by atoms with Gasteiger partial charge in [-0.2, -0.15) is 0 Å². The molecule has 146 valence electrons. The van der Waals surface area contributed by atoms with Crippen LogP contribution in [0.1, 0.15) is 12.8 Å². The fraction of sp³-hybridized carbons (Fsp3) is 0.350. The average Bonchev–Trinajstić information content (AvgIpc) is 3.24. The van der Waals surface area contributed by atoms with Gasteiger partial charge in [0.15, 0.2) is 5.69 Å². The Morgan fingerprint density at radius 3 is 2.89 bits per heavy atom. The first-order chi connectivity index (χ1) is 13.5. The number of hydrogen-bond donors (Lipinski definition) is 1. The highest BCUT2D eigenvalue weighted by Crippen LogP contribution is 2.33. The molecule has 0 spiro atoms. The lowest BCUT2D eigenvalue weighted by Gasteiger charge is -2.28. The Morgan fingerprint density at radius 2 is 2.11 bits per heavy atom. The van der Waals surface area contributed by atoms with Crippen molar-refractivity contribution in [3.05, 3.63) is 47.3 Å². The number of allylic oxidation sites excluding steroid dienone is 3. The summed E-state index contributed by atoms with van der Waals surface area (Å²) in [4.78, 5) is 16.1. The number of fused-ring (bicyclic) bond motifs is 1. The second-order valence-electron chi connectivity index (χ2n) is 7.41. The predicted octanol–water partition coefficient (Wildman–Crippen LogP) is 3.17. The van der Waals surface area contributed by atoms with Crippen LogP contribution in [0.5, 0.6) is 5.88 Å². The van der Waals surface area contributed by atoms with E-state index in [2.05, 4.69) is 17.1 Å². The van der Waals surface area contributed by atoms with Crippen LogP contribution in [0.4, 0.5) is 5.69 Å². The van der Waals surface area contributed by atoms with E-state index in [4.69, 9.17) is 16.3 Å². The minimum atomic E-state index is -0.447. The Hall–Kier alpha value is -2.64. The molecule has 1 aliphatic heterocycles. The van der Waals surface area contributed by atoms with Crippen LogP contribution in [0, 0.1) is 0 Å². The number of halogens is 1. The number of aliphatic hydroxyl groups excluding tert-OH is 1. The number of nitrogens with zero attached hydrogens (tertiary/aromatic N) is 4. The number of carbonyl (C=O) groups excluding carboxylic acids is 1. The molecule has 0 amide bonds. The Morgan fingerprint density at radius 1 is 1.32 bits per heavy atom. The van der Waals surface area contributed by atoms with Gasteiger partial charge in [-0.3, -0.25) is 4.79 Å². The summed E-state index contributed by atoms with van der Waals surface area (Å²) < 4.78 is 8.68. The van der Waals surface area contributed by atoms with Crippen LogP contribution in [0.25, 0.3) is 5.52 Å². The van der Waals surface area contributed by atoms with Gasteiger partial charge in [-0.25, -0.2) is 9.51 Å². The predicted molar refractivity (Wildman–Crippen MR) is 107 cm³/mol. The topological polar surface area (TPSA) is 76.2 Å². The van der Waals surface area contributed by atoms with Gasteiger partial charge in [-0.05, 0) is 18.2 Å². The quantitative estimate of drug-likeness (QED) is 0.616. The van der Waals surface area contributed by atoms with Gasteiger partial charge in [0, 0.05) is 25.1 Å². The molecular formula is C20H22ClN4O3+. The van der Waals surface area contributed by atoms with Crippen LogP contribution in [0.15, 0.2) is 52.3 Å². The molecule has 4 rings (SSSR count). The van der Waals surface area contributed by atoms with Gasteiger partial charge in [0.05, 0.1) is 30.7 Å². The number of likely N-dealkylation sites (N-methyl/N-ethyl adjacent to an activating group) is 1. The molecule has 1 N–H and O–H groups in total. The fourth-order valence-electron chi connectivity index (χ4n) is 3.59. The van der Waals surface area contributed by atoms with Crippen molar-refractivity contribution in [3.8, 4) is 5.88 Å². The summed E-state index contributed by atoms with van der Waals surface area (Å²) in [5.74, 6) is -0.290. The summed E-state index contributed by atoms with van der Waals surface area (Å²) >= 11 is 5.92. The van der Waals surface area contributed by atoms with Gasteiger partial charge in [-0.15, -0.1) is 5.10 Å². The minimum Gasteiger partial charge on any atom is -0.506 e. The largest absolute Gasteiger partial charge is 0.506 e. The molecule has 0 atom stereocenters. The number of pyridine rings is 1. The second kappa shape index (κ2) is 7.41. The molecule has 2 aliphatic rings. The molecular weight excluding hydrogens is 380 g/mol. The second-order valence-corrected chi connectivity index (χ2v) is 7.82. The van der Waals surface area contributed by atoms with E-state index in [9.17, 15) is 9.90 Å². The Labute approximate surface area is 167 Å². The molecule has 0 bridgehead atoms. The van der Waals surface area contributed by atoms with Crippen molar-refractivity contribution in [1.29, 1.82) is 0 Å². The van der Waals surface area contributed by atoms with E-state index in [1.54, 1.807) is 4.52 Å². The Bertz CT molecular complexity index is 1020. The number of aromatic nitrogens is 2. The first-order valence-corrected chi connectivity index (χ1v) is 9.68. The van der Waals surface area contributed by atoms with Crippen molar-refractivity contribution in [2.45, 2.75) is 12.8 Å². The van der Waals surface area contributed by atoms with Crippen LogP contribution in [0.3, 0.4) is 0 Å². The number of ketones is 1. The number of quaternary nitrogens is 1. The van der Waals surface area contributed by atoms with Crippen molar-refractivity contribution in [1.82, 2.24) is 9.61 Å². The van der Waals surface area contributed by atoms with Crippen molar-refractivity contribution in [2.75, 3.05) is 33.3 Å². The molecule has 7 nitrogen and oxygen atoms in total. The van der Waals surface area contributed by atoms with E-state index in [1.807, 2.05) is 24.4 Å². The van der Waals surface area contributed by atoms with Gasteiger partial charge in [0.25, 0.3) is 5.88 Å². The van der Waals surface area contributed by atoms with Gasteiger partial charge in [0.1, 0.15) is 24.6 Å². The van der Waals surface area contributed by atoms with Crippen LogP contribution < -0.4 is 4.74 Å². The van der Waals surface area contributed by atoms with E-state index in [0.29, 0.717) is 18.2 Å². The summed E-state index contributed by atoms with van der Waals surface area (Å²) in [5, 5.41) is 14.6. The molecule has 0 radical (unpaired) electrons. The molecule has 2 aromatic heterocycles. The SMILES string of the molecule is C[N+]1(CCOc2nn3ccccc3c2/N=C2\C=C(Cl)C(=O)C=C2O)CCCC1. The molecule has 28 heavy (non-hydrogen) atoms. The van der Waals surface area contributed by atoms with Crippen LogP contribution in [0.2, 0.25) is 0 Å². The number of aliphatic imine (C=N–C) groups is 1. The standard InChI is InChI=1S/C20H21ClN4O3/c1-25(8-4-5-9-25)10-11-28-20-19(16-6-2-3-7-24(16)23-20)22-15-12-14(21)17(26)13-18(15)27/h2-3,6-7,12-13H,4-5,8-11H2,1H3/p+1/b22-15+. The number of hydrogen-bond acceptors (Lipinski definition) is 5. The third-order valence-corrected chi connectivity index (χ3v) is 5.56. The number of carbonyl (C=O) groups is 1. The van der Waals surface area contributed by atoms with Gasteiger partial charge in [-0.1, -0.05) is 17.7 Å². The van der Waals surface area contributed by atoms with E-state index in [1.165, 1.54) is 32.0 Å². The zero-order chi connectivity index (χ0) is 19.7. The maximum absolute atomic E-state index is 11.6. The van der Waals surface area contributed by atoms with Crippen molar-refractivity contribution < 1.29 is 19.1 Å². The molecule has 1 saturated heterocycles. The maximum atomic E-state index is 11.6. The first kappa shape index (κ1) is 18.7. The number of ether oxygens (including phenoxy) is 1. The fourth-order valence-corrected chi connectivity index (χ4v) is 3.75. The molecule has 0 saturated carbocycles. The summed E-state index contributed by atoms with van der Waals surface area (Å²) in [6, 6.07) is 5.61. The van der Waals surface area contributed by atoms with Gasteiger partial charge < -0.3 is 14.3 Å². The summed E-state index contributed by atoms with van der Waals surface area (Å²) in [7, 11) is 2.25. The lowest BCUT2D eigenvalue weighted by atomic mass is 10.1. The van der Waals surface area contributed by atoms with Crippen LogP contribution in [-0.2, 0) is 4.79 Å². The summed E-state index contributed by atoms with van der Waals surface area (Å²) in [5.41, 5.74) is 1.43. The molecule has 3 heterocycles. The highest BCUT2D eigenvalue weighted by Gasteiger charge is 2.27. The van der Waals surface area contributed by atoms with E-state index in [0.717, 1.165) is 22.6 Å². The average molecular weight is 402 g/mol. The van der Waals surface area contributed by atoms with Gasteiger partial charge in [0.2, 0.25) is 5.78 Å². The Balaban J connectivity index is 1.65. The van der Waals surface area contributed by atoms with Gasteiger partial charge >= 0.3 is 0 Å². The van der Waals surface area contributed by atoms with E-state index < -0.39 is 5.78 Å². The third kappa shape index (κ3) is 3.68. The van der Waals surface area contributed by atoms with Crippen molar-refractivity contribution in [3.63, 3.8) is 0 Å². The Kier molecular flexibility index (Phi) is 4.95. The molecule has 1 fully saturated rings. The maximum Gasteiger partial charge on any atom is 0.260 e. The summed E-state index contributed by atoms with van der Waals surface area (Å²) in [6.07, 6.45) is 6.73. The van der Waals surface area contributed by atoms with Crippen LogP contribution in [-0.4, -0.2) is 64.0 Å². The zero-order valence-electron chi connectivity index (χ0n) is 15.6. The van der Waals surface area contributed by atoms with Crippen LogP contribution >= 0.6 is 11.6 Å². The summed E-state index contributed by atoms with van der Waals surface area (Å²) in [6.45, 7) is 3.75. The molecule has 8 heteroatoms. The van der Waals surface area contributed by atoms with Crippen molar-refractivity contribution in [2.24, 2.45) is 4.99 Å². The first-order valence-electron chi connectivity index (χ1n) is 9.30. The third-order valence-electron chi connectivity index (χ3n) is 5.26. The lowest BCUT2D eigenvalue weighted by Crippen LogP contribution is -2.43. The zero-order valence-corrected chi connectivity index (χ0v) is 16.4. The van der Waals surface area contributed by atoms with E-state index in [-0.39, 0.29) is 16.5 Å².